The minimum Gasteiger partial charge on any atom is -0.444 e. The number of nitrogens with zero attached hydrogens (tertiary/aromatic N) is 5. The Morgan fingerprint density at radius 2 is 1.82 bits per heavy atom. The van der Waals surface area contributed by atoms with Gasteiger partial charge in [0.25, 0.3) is 0 Å². The zero-order chi connectivity index (χ0) is 31.7. The van der Waals surface area contributed by atoms with Crippen molar-refractivity contribution in [2.24, 2.45) is 5.41 Å². The minimum atomic E-state index is -1.26. The first-order chi connectivity index (χ1) is 20.8. The molecule has 0 saturated carbocycles. The van der Waals surface area contributed by atoms with Crippen molar-refractivity contribution in [3.05, 3.63) is 65.2 Å². The van der Waals surface area contributed by atoms with Crippen LogP contribution in [0.4, 0.5) is 4.79 Å². The molecule has 44 heavy (non-hydrogen) atoms. The minimum absolute atomic E-state index is 0.198. The number of amides is 1. The number of aromatic nitrogens is 4. The van der Waals surface area contributed by atoms with Gasteiger partial charge in [0.1, 0.15) is 17.0 Å². The lowest BCUT2D eigenvalue weighted by Gasteiger charge is -2.55. The lowest BCUT2D eigenvalue weighted by Crippen LogP contribution is -2.63. The van der Waals surface area contributed by atoms with E-state index in [2.05, 4.69) is 67.3 Å². The van der Waals surface area contributed by atoms with Crippen LogP contribution in [0.3, 0.4) is 0 Å². The molecule has 2 aromatic heterocycles. The number of alkyl carbamates (subject to hydrolysis) is 1. The number of nitrogens with one attached hydrogen (secondary N) is 1. The number of carbonyl (C=O) groups excluding carboxylic acids is 1. The van der Waals surface area contributed by atoms with Gasteiger partial charge in [-0.05, 0) is 63.8 Å². The fourth-order valence-electron chi connectivity index (χ4n) is 6.58. The number of benzene rings is 1. The van der Waals surface area contributed by atoms with Crippen LogP contribution in [0.1, 0.15) is 88.7 Å². The van der Waals surface area contributed by atoms with E-state index < -0.39 is 22.7 Å². The molecule has 1 atom stereocenters. The van der Waals surface area contributed by atoms with Gasteiger partial charge in [-0.3, -0.25) is 4.98 Å². The summed E-state index contributed by atoms with van der Waals surface area (Å²) < 4.78 is 12.9. The highest BCUT2D eigenvalue weighted by Gasteiger charge is 2.55. The lowest BCUT2D eigenvalue weighted by atomic mass is 9.62. The van der Waals surface area contributed by atoms with Crippen molar-refractivity contribution < 1.29 is 19.4 Å². The molecule has 238 valence electrons. The van der Waals surface area contributed by atoms with Gasteiger partial charge in [-0.1, -0.05) is 45.0 Å². The van der Waals surface area contributed by atoms with Gasteiger partial charge in [0.05, 0.1) is 6.54 Å². The van der Waals surface area contributed by atoms with Gasteiger partial charge < -0.3 is 24.8 Å². The molecular weight excluding hydrogens is 556 g/mol. The van der Waals surface area contributed by atoms with E-state index in [1.807, 2.05) is 31.5 Å². The average molecular weight is 605 g/mol. The zero-order valence-corrected chi connectivity index (χ0v) is 27.3. The van der Waals surface area contributed by atoms with Crippen LogP contribution in [0.5, 0.6) is 0 Å². The molecule has 4 heterocycles. The fraction of sp³-hybridized carbons (Fsp3) is 0.588. The molecule has 2 fully saturated rings. The van der Waals surface area contributed by atoms with Crippen LogP contribution < -0.4 is 5.32 Å². The van der Waals surface area contributed by atoms with Gasteiger partial charge in [-0.15, -0.1) is 0 Å². The molecule has 10 heteroatoms. The molecule has 1 amide bonds. The summed E-state index contributed by atoms with van der Waals surface area (Å²) in [4.78, 5) is 24.1. The number of pyridine rings is 1. The molecule has 0 bridgehead atoms. The molecule has 3 aromatic rings. The molecule has 10 nitrogen and oxygen atoms in total. The number of rotatable bonds is 9. The Morgan fingerprint density at radius 3 is 2.43 bits per heavy atom. The van der Waals surface area contributed by atoms with Crippen molar-refractivity contribution in [1.29, 1.82) is 0 Å². The molecule has 0 radical (unpaired) electrons. The van der Waals surface area contributed by atoms with Gasteiger partial charge >= 0.3 is 6.09 Å². The SMILES string of the molecule is CC(C)c1ccc([C@](O)(c2cncc(-c3nc(C4CCOCC4)n(CCNC(=O)OC(C)(C)C)n3)c2)C2(C)CN(C)C2)cc1. The number of ether oxygens (including phenoxy) is 2. The van der Waals surface area contributed by atoms with Crippen LogP contribution >= 0.6 is 0 Å². The Hall–Kier alpha value is -3.34. The van der Waals surface area contributed by atoms with Crippen LogP contribution in [0.15, 0.2) is 42.7 Å². The van der Waals surface area contributed by atoms with Gasteiger partial charge in [0, 0.05) is 67.7 Å². The summed E-state index contributed by atoms with van der Waals surface area (Å²) >= 11 is 0. The Balaban J connectivity index is 1.48. The average Bonchev–Trinajstić information content (AvgIpc) is 3.40. The first-order valence-corrected chi connectivity index (χ1v) is 15.8. The van der Waals surface area contributed by atoms with Crippen molar-refractivity contribution in [3.63, 3.8) is 0 Å². The van der Waals surface area contributed by atoms with E-state index in [-0.39, 0.29) is 5.92 Å². The highest BCUT2D eigenvalue weighted by molar-refractivity contribution is 5.67. The molecule has 1 aromatic carbocycles. The number of aliphatic hydroxyl groups is 1. The molecule has 2 N–H and O–H groups in total. The predicted octanol–water partition coefficient (Wildman–Crippen LogP) is 5.07. The number of likely N-dealkylation sites (tertiary alicyclic amines) is 1. The van der Waals surface area contributed by atoms with Crippen LogP contribution in [0.25, 0.3) is 11.4 Å². The van der Waals surface area contributed by atoms with Crippen LogP contribution in [-0.2, 0) is 21.6 Å². The Labute approximate surface area is 261 Å². The third-order valence-corrected chi connectivity index (χ3v) is 8.80. The van der Waals surface area contributed by atoms with Crippen LogP contribution in [0, 0.1) is 5.41 Å². The number of hydrogen-bond donors (Lipinski definition) is 2. The topological polar surface area (TPSA) is 115 Å². The summed E-state index contributed by atoms with van der Waals surface area (Å²) in [7, 11) is 2.07. The molecule has 2 aliphatic rings. The molecule has 0 unspecified atom stereocenters. The zero-order valence-electron chi connectivity index (χ0n) is 27.3. The fourth-order valence-corrected chi connectivity index (χ4v) is 6.58. The molecule has 0 spiro atoms. The molecule has 0 aliphatic carbocycles. The Kier molecular flexibility index (Phi) is 9.16. The van der Waals surface area contributed by atoms with Gasteiger partial charge in [0.2, 0.25) is 0 Å². The van der Waals surface area contributed by atoms with Gasteiger partial charge in [-0.25, -0.2) is 14.5 Å². The van der Waals surface area contributed by atoms with E-state index in [1.165, 1.54) is 5.56 Å². The first kappa shape index (κ1) is 32.1. The van der Waals surface area contributed by atoms with E-state index in [0.29, 0.717) is 38.0 Å². The normalized spacial score (nSPS) is 18.9. The Bertz CT molecular complexity index is 1430. The smallest absolute Gasteiger partial charge is 0.407 e. The van der Waals surface area contributed by atoms with Crippen molar-refractivity contribution in [3.8, 4) is 11.4 Å². The summed E-state index contributed by atoms with van der Waals surface area (Å²) in [5.74, 6) is 2.01. The highest BCUT2D eigenvalue weighted by atomic mass is 16.6. The predicted molar refractivity (Wildman–Crippen MR) is 169 cm³/mol. The maximum Gasteiger partial charge on any atom is 0.407 e. The molecule has 5 rings (SSSR count). The van der Waals surface area contributed by atoms with E-state index >= 15 is 0 Å². The third-order valence-electron chi connectivity index (χ3n) is 8.80. The van der Waals surface area contributed by atoms with Crippen molar-refractivity contribution >= 4 is 6.09 Å². The highest BCUT2D eigenvalue weighted by Crippen LogP contribution is 2.50. The quantitative estimate of drug-likeness (QED) is 0.348. The lowest BCUT2D eigenvalue weighted by molar-refractivity contribution is -0.127. The summed E-state index contributed by atoms with van der Waals surface area (Å²) in [5.41, 5.74) is 1.30. The van der Waals surface area contributed by atoms with Crippen LogP contribution in [-0.4, -0.2) is 81.3 Å². The monoisotopic (exact) mass is 604 g/mol. The maximum atomic E-state index is 12.7. The van der Waals surface area contributed by atoms with Gasteiger partial charge in [0.15, 0.2) is 5.82 Å². The second-order valence-electron chi connectivity index (χ2n) is 14.0. The second kappa shape index (κ2) is 12.6. The summed E-state index contributed by atoms with van der Waals surface area (Å²) in [6.45, 7) is 15.7. The van der Waals surface area contributed by atoms with E-state index in [1.54, 1.807) is 12.4 Å². The maximum absolute atomic E-state index is 12.7. The first-order valence-electron chi connectivity index (χ1n) is 15.8. The Morgan fingerprint density at radius 1 is 1.14 bits per heavy atom. The van der Waals surface area contributed by atoms with Crippen molar-refractivity contribution in [1.82, 2.24) is 30.0 Å². The van der Waals surface area contributed by atoms with E-state index in [4.69, 9.17) is 19.6 Å². The molecule has 2 saturated heterocycles. The number of hydrogen-bond acceptors (Lipinski definition) is 8. The second-order valence-corrected chi connectivity index (χ2v) is 14.0. The number of carbonyl (C=O) groups is 1. The standard InChI is InChI=1S/C34H48N6O4/c1-23(2)24-8-10-27(11-9-24)34(42,33(6)21-39(7)22-33)28-18-26(19-35-20-28)29-37-30(25-12-16-43-17-13-25)40(38-29)15-14-36-31(41)44-32(3,4)5/h8-11,18-20,23,25,42H,12-17,21-22H2,1-7H3,(H,36,41)/t34-/m0/s1. The van der Waals surface area contributed by atoms with Crippen molar-refractivity contribution in [2.45, 2.75) is 84.0 Å². The summed E-state index contributed by atoms with van der Waals surface area (Å²) in [6, 6.07) is 10.3. The van der Waals surface area contributed by atoms with E-state index in [0.717, 1.165) is 48.4 Å². The largest absolute Gasteiger partial charge is 0.444 e. The van der Waals surface area contributed by atoms with Crippen molar-refractivity contribution in [2.75, 3.05) is 39.9 Å². The van der Waals surface area contributed by atoms with Gasteiger partial charge in [-0.2, -0.15) is 5.10 Å². The molecular formula is C34H48N6O4. The summed E-state index contributed by atoms with van der Waals surface area (Å²) in [6.07, 6.45) is 4.78. The molecule has 2 aliphatic heterocycles. The third kappa shape index (κ3) is 6.67. The summed E-state index contributed by atoms with van der Waals surface area (Å²) in [5, 5.41) is 20.4. The van der Waals surface area contributed by atoms with Crippen LogP contribution in [0.2, 0.25) is 0 Å². The van der Waals surface area contributed by atoms with E-state index in [9.17, 15) is 9.90 Å².